The molecule has 0 aliphatic heterocycles. The van der Waals surface area contributed by atoms with Crippen LogP contribution in [0.3, 0.4) is 0 Å². The molecular formula is C28H37F4N3O5S. The largest absolute Gasteiger partial charge is 0.573 e. The maximum absolute atomic E-state index is 13.4. The van der Waals surface area contributed by atoms with Crippen LogP contribution >= 0.6 is 0 Å². The molecule has 0 bridgehead atoms. The molecule has 1 amide bonds. The molecule has 1 aliphatic carbocycles. The normalized spacial score (nSPS) is 18.9. The van der Waals surface area contributed by atoms with Gasteiger partial charge in [-0.2, -0.15) is 4.31 Å². The Labute approximate surface area is 238 Å². The minimum Gasteiger partial charge on any atom is -0.406 e. The molecule has 0 heterocycles. The molecule has 228 valence electrons. The van der Waals surface area contributed by atoms with Crippen molar-refractivity contribution in [1.82, 2.24) is 14.5 Å². The minimum absolute atomic E-state index is 0.0428. The lowest BCUT2D eigenvalue weighted by atomic mass is 9.76. The van der Waals surface area contributed by atoms with Crippen LogP contribution in [0.1, 0.15) is 37.3 Å². The molecule has 0 spiro atoms. The lowest BCUT2D eigenvalue weighted by Crippen LogP contribution is -2.36. The van der Waals surface area contributed by atoms with E-state index in [9.17, 15) is 30.8 Å². The maximum Gasteiger partial charge on any atom is 0.573 e. The predicted molar refractivity (Wildman–Crippen MR) is 145 cm³/mol. The fourth-order valence-electron chi connectivity index (χ4n) is 5.14. The Kier molecular flexibility index (Phi) is 11.5. The summed E-state index contributed by atoms with van der Waals surface area (Å²) >= 11 is 0. The molecule has 1 aliphatic rings. The molecule has 41 heavy (non-hydrogen) atoms. The Balaban J connectivity index is 1.35. The first-order valence-corrected chi connectivity index (χ1v) is 14.8. The number of carbonyl (C=O) groups excluding carboxylic acids is 1. The van der Waals surface area contributed by atoms with Crippen molar-refractivity contribution in [3.05, 3.63) is 59.9 Å². The Morgan fingerprint density at radius 2 is 1.61 bits per heavy atom. The van der Waals surface area contributed by atoms with Crippen LogP contribution in [-0.2, 0) is 19.6 Å². The van der Waals surface area contributed by atoms with Crippen molar-refractivity contribution in [2.45, 2.75) is 43.0 Å². The van der Waals surface area contributed by atoms with Crippen LogP contribution < -0.4 is 10.1 Å². The summed E-state index contributed by atoms with van der Waals surface area (Å²) in [5.41, 5.74) is 1.09. The summed E-state index contributed by atoms with van der Waals surface area (Å²) in [4.78, 5) is 14.2. The SMILES string of the molecule is CN(C)C(c1ccc(F)cc1)C1CCC(CNC(=O)COCCN(C)S(=O)(=O)c2ccc(OC(F)(F)F)cc2)CC1. The van der Waals surface area contributed by atoms with Crippen LogP contribution in [0.15, 0.2) is 53.4 Å². The number of ether oxygens (including phenoxy) is 2. The predicted octanol–water partition coefficient (Wildman–Crippen LogP) is 4.59. The van der Waals surface area contributed by atoms with Crippen molar-refractivity contribution in [2.75, 3.05) is 47.4 Å². The van der Waals surface area contributed by atoms with E-state index in [0.717, 1.165) is 59.8 Å². The molecule has 1 atom stereocenters. The number of benzene rings is 2. The van der Waals surface area contributed by atoms with Gasteiger partial charge in [-0.25, -0.2) is 12.8 Å². The van der Waals surface area contributed by atoms with Gasteiger partial charge in [-0.3, -0.25) is 4.79 Å². The summed E-state index contributed by atoms with van der Waals surface area (Å²) in [5.74, 6) is -0.293. The Bertz CT molecular complexity index is 1220. The van der Waals surface area contributed by atoms with E-state index in [0.29, 0.717) is 18.4 Å². The zero-order valence-corrected chi connectivity index (χ0v) is 24.2. The fraction of sp³-hybridized carbons (Fsp3) is 0.536. The van der Waals surface area contributed by atoms with Gasteiger partial charge >= 0.3 is 6.36 Å². The number of likely N-dealkylation sites (N-methyl/N-ethyl adjacent to an activating group) is 1. The van der Waals surface area contributed by atoms with Crippen molar-refractivity contribution in [2.24, 2.45) is 11.8 Å². The second-order valence-electron chi connectivity index (χ2n) is 10.4. The van der Waals surface area contributed by atoms with Gasteiger partial charge in [-0.1, -0.05) is 12.1 Å². The van der Waals surface area contributed by atoms with Gasteiger partial charge in [0.2, 0.25) is 15.9 Å². The number of alkyl halides is 3. The number of nitrogens with zero attached hydrogens (tertiary/aromatic N) is 2. The van der Waals surface area contributed by atoms with Gasteiger partial charge in [0.1, 0.15) is 18.2 Å². The topological polar surface area (TPSA) is 88.2 Å². The third-order valence-electron chi connectivity index (χ3n) is 7.24. The van der Waals surface area contributed by atoms with Gasteiger partial charge in [0, 0.05) is 26.2 Å². The quantitative estimate of drug-likeness (QED) is 0.266. The molecule has 0 saturated heterocycles. The van der Waals surface area contributed by atoms with Crippen LogP contribution in [0.5, 0.6) is 5.75 Å². The second-order valence-corrected chi connectivity index (χ2v) is 12.5. The standard InChI is InChI=1S/C28H37F4N3O5S/c1-34(2)27(22-8-10-23(29)11-9-22)21-6-4-20(5-7-21)18-33-26(36)19-39-17-16-35(3)41(37,38)25-14-12-24(13-15-25)40-28(30,31)32/h8-15,20-21,27H,4-7,16-19H2,1-3H3,(H,33,36). The van der Waals surface area contributed by atoms with Crippen LogP contribution in [0.25, 0.3) is 0 Å². The highest BCUT2D eigenvalue weighted by molar-refractivity contribution is 7.89. The van der Waals surface area contributed by atoms with Gasteiger partial charge in [0.25, 0.3) is 0 Å². The van der Waals surface area contributed by atoms with E-state index in [-0.39, 0.29) is 42.4 Å². The Morgan fingerprint density at radius 3 is 2.17 bits per heavy atom. The number of sulfonamides is 1. The molecule has 1 N–H and O–H groups in total. The van der Waals surface area contributed by atoms with Crippen LogP contribution in [0.2, 0.25) is 0 Å². The molecule has 13 heteroatoms. The zero-order chi connectivity index (χ0) is 30.2. The van der Waals surface area contributed by atoms with Gasteiger partial charge in [-0.05, 0) is 93.6 Å². The van der Waals surface area contributed by atoms with Crippen molar-refractivity contribution >= 4 is 15.9 Å². The van der Waals surface area contributed by atoms with Gasteiger partial charge < -0.3 is 19.7 Å². The zero-order valence-electron chi connectivity index (χ0n) is 23.4. The van der Waals surface area contributed by atoms with E-state index in [4.69, 9.17) is 4.74 Å². The summed E-state index contributed by atoms with van der Waals surface area (Å²) in [6.07, 6.45) is -0.957. The average Bonchev–Trinajstić information content (AvgIpc) is 2.91. The molecule has 0 radical (unpaired) electrons. The summed E-state index contributed by atoms with van der Waals surface area (Å²) in [6, 6.07) is 10.8. The van der Waals surface area contributed by atoms with Gasteiger partial charge in [0.15, 0.2) is 0 Å². The van der Waals surface area contributed by atoms with Crippen LogP contribution in [-0.4, -0.2) is 77.3 Å². The molecule has 1 unspecified atom stereocenters. The number of hydrogen-bond acceptors (Lipinski definition) is 6. The summed E-state index contributed by atoms with van der Waals surface area (Å²) in [5, 5.41) is 2.88. The van der Waals surface area contributed by atoms with Crippen molar-refractivity contribution in [1.29, 1.82) is 0 Å². The highest BCUT2D eigenvalue weighted by atomic mass is 32.2. The molecule has 2 aromatic rings. The number of halogens is 4. The number of carbonyl (C=O) groups is 1. The Morgan fingerprint density at radius 1 is 1.00 bits per heavy atom. The lowest BCUT2D eigenvalue weighted by molar-refractivity contribution is -0.274. The first-order valence-electron chi connectivity index (χ1n) is 13.3. The smallest absolute Gasteiger partial charge is 0.406 e. The minimum atomic E-state index is -4.87. The number of hydrogen-bond donors (Lipinski definition) is 1. The van der Waals surface area contributed by atoms with E-state index >= 15 is 0 Å². The van der Waals surface area contributed by atoms with Gasteiger partial charge in [0.05, 0.1) is 11.5 Å². The van der Waals surface area contributed by atoms with E-state index in [1.165, 1.54) is 19.2 Å². The van der Waals surface area contributed by atoms with E-state index in [1.807, 2.05) is 26.2 Å². The van der Waals surface area contributed by atoms with Crippen LogP contribution in [0.4, 0.5) is 17.6 Å². The average molecular weight is 604 g/mol. The fourth-order valence-corrected chi connectivity index (χ4v) is 6.30. The highest BCUT2D eigenvalue weighted by Gasteiger charge is 2.32. The van der Waals surface area contributed by atoms with Crippen molar-refractivity contribution in [3.8, 4) is 5.75 Å². The van der Waals surface area contributed by atoms with E-state index in [1.54, 1.807) is 0 Å². The number of rotatable bonds is 13. The lowest BCUT2D eigenvalue weighted by Gasteiger charge is -2.37. The molecule has 1 saturated carbocycles. The molecule has 3 rings (SSSR count). The molecular weight excluding hydrogens is 566 g/mol. The maximum atomic E-state index is 13.4. The monoisotopic (exact) mass is 603 g/mol. The molecule has 2 aromatic carbocycles. The first kappa shape index (κ1) is 32.8. The number of amides is 1. The molecule has 0 aromatic heterocycles. The van der Waals surface area contributed by atoms with E-state index in [2.05, 4.69) is 15.0 Å². The number of nitrogens with one attached hydrogen (secondary N) is 1. The highest BCUT2D eigenvalue weighted by Crippen LogP contribution is 2.39. The van der Waals surface area contributed by atoms with Gasteiger partial charge in [-0.15, -0.1) is 13.2 Å². The molecule has 8 nitrogen and oxygen atoms in total. The van der Waals surface area contributed by atoms with Crippen LogP contribution in [0, 0.1) is 17.7 Å². The first-order chi connectivity index (χ1) is 19.3. The Hall–Kier alpha value is -2.74. The second kappa shape index (κ2) is 14.4. The summed E-state index contributed by atoms with van der Waals surface area (Å²) in [6.45, 7) is 0.209. The third kappa shape index (κ3) is 9.94. The summed E-state index contributed by atoms with van der Waals surface area (Å²) < 4.78 is 85.7. The van der Waals surface area contributed by atoms with E-state index < -0.39 is 22.1 Å². The summed E-state index contributed by atoms with van der Waals surface area (Å²) in [7, 11) is 1.41. The van der Waals surface area contributed by atoms with Crippen molar-refractivity contribution in [3.63, 3.8) is 0 Å². The van der Waals surface area contributed by atoms with Crippen molar-refractivity contribution < 1.29 is 40.2 Å². The molecule has 1 fully saturated rings. The third-order valence-corrected chi connectivity index (χ3v) is 9.11.